The number of aryl methyl sites for hydroxylation is 1. The topological polar surface area (TPSA) is 37.9 Å². The van der Waals surface area contributed by atoms with Crippen LogP contribution in [0.5, 0.6) is 5.75 Å². The first-order valence-corrected chi connectivity index (χ1v) is 6.34. The number of rotatable bonds is 3. The Balaban J connectivity index is 0.00000147. The number of hydrogen-bond donors (Lipinski definition) is 1. The first kappa shape index (κ1) is 14.8. The average Bonchev–Trinajstić information content (AvgIpc) is 2.86. The maximum atomic E-state index is 13.5. The Morgan fingerprint density at radius 1 is 1.35 bits per heavy atom. The van der Waals surface area contributed by atoms with E-state index < -0.39 is 11.6 Å². The van der Waals surface area contributed by atoms with Crippen LogP contribution in [0.2, 0.25) is 0 Å². The molecule has 1 unspecified atom stereocenters. The molecule has 6 heteroatoms. The van der Waals surface area contributed by atoms with Crippen molar-refractivity contribution in [1.82, 2.24) is 9.97 Å². The van der Waals surface area contributed by atoms with E-state index in [2.05, 4.69) is 9.97 Å². The van der Waals surface area contributed by atoms with Crippen LogP contribution in [0.15, 0.2) is 24.5 Å². The van der Waals surface area contributed by atoms with Crippen molar-refractivity contribution in [3.8, 4) is 5.75 Å². The zero-order valence-electron chi connectivity index (χ0n) is 10.7. The molecule has 108 valence electrons. The van der Waals surface area contributed by atoms with Crippen LogP contribution in [0.1, 0.15) is 30.1 Å². The van der Waals surface area contributed by atoms with Gasteiger partial charge in [0.15, 0.2) is 11.6 Å². The van der Waals surface area contributed by atoms with Crippen LogP contribution in [-0.2, 0) is 6.42 Å². The van der Waals surface area contributed by atoms with Crippen molar-refractivity contribution < 1.29 is 13.5 Å². The maximum absolute atomic E-state index is 13.5. The third-order valence-corrected chi connectivity index (χ3v) is 3.45. The zero-order chi connectivity index (χ0) is 13.2. The average molecular weight is 301 g/mol. The molecule has 1 atom stereocenters. The lowest BCUT2D eigenvalue weighted by molar-refractivity contribution is 0.260. The van der Waals surface area contributed by atoms with Gasteiger partial charge in [-0.25, -0.2) is 13.8 Å². The van der Waals surface area contributed by atoms with Gasteiger partial charge in [0, 0.05) is 17.7 Å². The lowest BCUT2D eigenvalue weighted by atomic mass is 9.90. The summed E-state index contributed by atoms with van der Waals surface area (Å²) in [4.78, 5) is 7.41. The summed E-state index contributed by atoms with van der Waals surface area (Å²) in [6, 6.07) is 3.34. The van der Waals surface area contributed by atoms with Gasteiger partial charge >= 0.3 is 0 Å². The molecule has 0 amide bonds. The van der Waals surface area contributed by atoms with Crippen molar-refractivity contribution in [1.29, 1.82) is 0 Å². The van der Waals surface area contributed by atoms with E-state index in [0.29, 0.717) is 6.61 Å². The number of aromatic amines is 1. The Morgan fingerprint density at radius 3 is 3.00 bits per heavy atom. The second-order valence-corrected chi connectivity index (χ2v) is 4.74. The highest BCUT2D eigenvalue weighted by atomic mass is 35.5. The number of fused-ring (bicyclic) bond motifs is 1. The second kappa shape index (κ2) is 6.22. The minimum atomic E-state index is -0.668. The normalized spacial score (nSPS) is 17.2. The van der Waals surface area contributed by atoms with E-state index >= 15 is 0 Å². The van der Waals surface area contributed by atoms with Crippen LogP contribution in [0.4, 0.5) is 8.78 Å². The van der Waals surface area contributed by atoms with Gasteiger partial charge in [-0.1, -0.05) is 0 Å². The van der Waals surface area contributed by atoms with Crippen LogP contribution < -0.4 is 4.74 Å². The van der Waals surface area contributed by atoms with E-state index in [4.69, 9.17) is 4.74 Å². The third-order valence-electron chi connectivity index (χ3n) is 3.45. The Labute approximate surface area is 121 Å². The fourth-order valence-electron chi connectivity index (χ4n) is 2.49. The molecule has 0 radical (unpaired) electrons. The van der Waals surface area contributed by atoms with E-state index in [0.717, 1.165) is 36.7 Å². The van der Waals surface area contributed by atoms with Gasteiger partial charge in [-0.3, -0.25) is 0 Å². The summed E-state index contributed by atoms with van der Waals surface area (Å²) in [7, 11) is 0. The Bertz CT molecular complexity index is 588. The maximum Gasteiger partial charge on any atom is 0.167 e. The van der Waals surface area contributed by atoms with Gasteiger partial charge in [0.2, 0.25) is 0 Å². The molecule has 0 aliphatic heterocycles. The van der Waals surface area contributed by atoms with Gasteiger partial charge in [0.1, 0.15) is 5.82 Å². The molecule has 0 bridgehead atoms. The molecule has 2 aromatic rings. The van der Waals surface area contributed by atoms with Crippen LogP contribution in [0.25, 0.3) is 0 Å². The van der Waals surface area contributed by atoms with Crippen molar-refractivity contribution >= 4 is 12.4 Å². The summed E-state index contributed by atoms with van der Waals surface area (Å²) >= 11 is 0. The molecular weight excluding hydrogens is 286 g/mol. The second-order valence-electron chi connectivity index (χ2n) is 4.74. The summed E-state index contributed by atoms with van der Waals surface area (Å²) < 4.78 is 31.7. The summed E-state index contributed by atoms with van der Waals surface area (Å²) in [5.41, 5.74) is 2.15. The van der Waals surface area contributed by atoms with Gasteiger partial charge in [-0.05, 0) is 31.4 Å². The zero-order valence-corrected chi connectivity index (χ0v) is 11.6. The van der Waals surface area contributed by atoms with Crippen molar-refractivity contribution in [2.75, 3.05) is 6.61 Å². The van der Waals surface area contributed by atoms with E-state index in [9.17, 15) is 8.78 Å². The first-order chi connectivity index (χ1) is 9.24. The van der Waals surface area contributed by atoms with E-state index in [-0.39, 0.29) is 24.1 Å². The summed E-state index contributed by atoms with van der Waals surface area (Å²) in [5.74, 6) is -1.02. The summed E-state index contributed by atoms with van der Waals surface area (Å²) in [6.45, 7) is 0.362. The molecule has 1 aliphatic rings. The number of nitrogens with one attached hydrogen (secondary N) is 1. The Hall–Kier alpha value is -1.62. The fourth-order valence-corrected chi connectivity index (χ4v) is 2.49. The number of halogens is 3. The van der Waals surface area contributed by atoms with Crippen LogP contribution >= 0.6 is 12.4 Å². The van der Waals surface area contributed by atoms with E-state index in [1.54, 1.807) is 6.33 Å². The largest absolute Gasteiger partial charge is 0.490 e. The molecule has 1 heterocycles. The highest BCUT2D eigenvalue weighted by molar-refractivity contribution is 5.85. The minimum absolute atomic E-state index is 0. The standard InChI is InChI=1S/C14H14F2N2O.ClH/c15-10-4-5-13(11(16)6-10)19-7-9-2-1-3-12-14(9)18-8-17-12;/h4-6,8-9H,1-3,7H2,(H,17,18);1H. The highest BCUT2D eigenvalue weighted by Gasteiger charge is 2.23. The number of H-pyrrole nitrogens is 1. The van der Waals surface area contributed by atoms with Crippen LogP contribution in [0, 0.1) is 11.6 Å². The summed E-state index contributed by atoms with van der Waals surface area (Å²) in [5, 5.41) is 0. The molecular formula is C14H15ClF2N2O. The van der Waals surface area contributed by atoms with Crippen molar-refractivity contribution in [3.05, 3.63) is 47.5 Å². The SMILES string of the molecule is Cl.Fc1ccc(OCC2CCCc3[nH]cnc32)c(F)c1. The molecule has 0 spiro atoms. The lowest BCUT2D eigenvalue weighted by Gasteiger charge is -2.21. The molecule has 1 N–H and O–H groups in total. The highest BCUT2D eigenvalue weighted by Crippen LogP contribution is 2.30. The van der Waals surface area contributed by atoms with Gasteiger partial charge in [0.25, 0.3) is 0 Å². The van der Waals surface area contributed by atoms with Gasteiger partial charge in [0.05, 0.1) is 18.6 Å². The molecule has 1 aromatic heterocycles. The predicted molar refractivity (Wildman–Crippen MR) is 73.4 cm³/mol. The van der Waals surface area contributed by atoms with Crippen molar-refractivity contribution in [2.45, 2.75) is 25.2 Å². The fraction of sp³-hybridized carbons (Fsp3) is 0.357. The lowest BCUT2D eigenvalue weighted by Crippen LogP contribution is -2.17. The third kappa shape index (κ3) is 2.93. The van der Waals surface area contributed by atoms with Crippen molar-refractivity contribution in [2.24, 2.45) is 0 Å². The minimum Gasteiger partial charge on any atom is -0.490 e. The van der Waals surface area contributed by atoms with Gasteiger partial charge in [-0.2, -0.15) is 0 Å². The molecule has 1 aliphatic carbocycles. The number of hydrogen-bond acceptors (Lipinski definition) is 2. The van der Waals surface area contributed by atoms with E-state index in [1.165, 1.54) is 12.1 Å². The molecule has 0 fully saturated rings. The predicted octanol–water partition coefficient (Wildman–Crippen LogP) is 3.61. The smallest absolute Gasteiger partial charge is 0.167 e. The van der Waals surface area contributed by atoms with Crippen molar-refractivity contribution in [3.63, 3.8) is 0 Å². The van der Waals surface area contributed by atoms with Gasteiger partial charge < -0.3 is 9.72 Å². The number of nitrogens with zero attached hydrogens (tertiary/aromatic N) is 1. The number of benzene rings is 1. The van der Waals surface area contributed by atoms with Crippen LogP contribution in [0.3, 0.4) is 0 Å². The molecule has 3 nitrogen and oxygen atoms in total. The molecule has 0 saturated heterocycles. The van der Waals surface area contributed by atoms with E-state index in [1.807, 2.05) is 0 Å². The first-order valence-electron chi connectivity index (χ1n) is 6.34. The molecule has 20 heavy (non-hydrogen) atoms. The molecule has 0 saturated carbocycles. The number of ether oxygens (including phenoxy) is 1. The quantitative estimate of drug-likeness (QED) is 0.940. The monoisotopic (exact) mass is 300 g/mol. The Kier molecular flexibility index (Phi) is 4.60. The Morgan fingerprint density at radius 2 is 2.20 bits per heavy atom. The molecule has 1 aromatic carbocycles. The molecule has 3 rings (SSSR count). The summed E-state index contributed by atoms with van der Waals surface area (Å²) in [6.07, 6.45) is 4.72. The number of aromatic nitrogens is 2. The van der Waals surface area contributed by atoms with Crippen LogP contribution in [-0.4, -0.2) is 16.6 Å². The van der Waals surface area contributed by atoms with Gasteiger partial charge in [-0.15, -0.1) is 12.4 Å². The number of imidazole rings is 1.